The minimum atomic E-state index is -2.50. The molecule has 0 aromatic carbocycles. The first-order valence-electron chi connectivity index (χ1n) is 13.6. The topological polar surface area (TPSA) is 94.5 Å². The normalized spacial score (nSPS) is 16.7. The van der Waals surface area contributed by atoms with E-state index < -0.39 is 48.3 Å². The van der Waals surface area contributed by atoms with Crippen LogP contribution in [-0.2, 0) is 22.5 Å². The fourth-order valence-electron chi connectivity index (χ4n) is 3.37. The zero-order valence-electron chi connectivity index (χ0n) is 25.8. The predicted molar refractivity (Wildman–Crippen MR) is 155 cm³/mol. The van der Waals surface area contributed by atoms with E-state index in [2.05, 4.69) is 67.7 Å². The van der Waals surface area contributed by atoms with Crippen LogP contribution in [0.2, 0.25) is 36.3 Å². The lowest BCUT2D eigenvalue weighted by molar-refractivity contribution is -0.0947. The largest absolute Gasteiger partial charge is 0.697 e. The third kappa shape index (κ3) is 9.80. The van der Waals surface area contributed by atoms with Crippen LogP contribution in [0.4, 0.5) is 0 Å². The lowest BCUT2D eigenvalue weighted by Gasteiger charge is -2.43. The summed E-state index contributed by atoms with van der Waals surface area (Å²) in [7, 11) is -6.95. The van der Waals surface area contributed by atoms with Gasteiger partial charge in [0.25, 0.3) is 0 Å². The minimum Gasteiger partial charge on any atom is -0.408 e. The van der Waals surface area contributed by atoms with Gasteiger partial charge in [0.15, 0.2) is 16.6 Å². The monoisotopic (exact) mass is 569 g/mol. The lowest BCUT2D eigenvalue weighted by atomic mass is 9.91. The Labute approximate surface area is 225 Å². The van der Waals surface area contributed by atoms with Crippen molar-refractivity contribution < 1.29 is 32.7 Å². The van der Waals surface area contributed by atoms with Crippen molar-refractivity contribution in [2.24, 2.45) is 0 Å². The summed E-state index contributed by atoms with van der Waals surface area (Å²) in [6, 6.07) is 0. The Bertz CT molecular complexity index is 623. The lowest BCUT2D eigenvalue weighted by Crippen LogP contribution is -2.54. The first-order valence-corrected chi connectivity index (χ1v) is 20.5. The zero-order valence-corrected chi connectivity index (χ0v) is 28.7. The Morgan fingerprint density at radius 2 is 0.889 bits per heavy atom. The van der Waals surface area contributed by atoms with Crippen molar-refractivity contribution in [3.8, 4) is 0 Å². The summed E-state index contributed by atoms with van der Waals surface area (Å²) < 4.78 is 37.2. The maximum Gasteiger partial charge on any atom is 0.697 e. The Balaban J connectivity index is 5.60. The molecule has 0 aliphatic rings. The van der Waals surface area contributed by atoms with Crippen LogP contribution in [0, 0.1) is 0 Å². The van der Waals surface area contributed by atoms with Crippen molar-refractivity contribution in [1.29, 1.82) is 0 Å². The third-order valence-electron chi connectivity index (χ3n) is 8.80. The number of hydrogen-bond donors (Lipinski definition) is 2. The number of aliphatic hydroxyl groups is 2. The second-order valence-electron chi connectivity index (χ2n) is 13.2. The molecule has 0 aromatic heterocycles. The van der Waals surface area contributed by atoms with E-state index in [-0.39, 0.29) is 23.3 Å². The summed E-state index contributed by atoms with van der Waals surface area (Å²) in [4.78, 5) is 0. The molecule has 2 N–H and O–H groups in total. The molecule has 0 aromatic rings. The Morgan fingerprint density at radius 3 is 1.08 bits per heavy atom. The van der Waals surface area contributed by atoms with E-state index >= 15 is 0 Å². The van der Waals surface area contributed by atoms with Gasteiger partial charge in [-0.15, -0.1) is 9.05 Å². The molecule has 0 heterocycles. The van der Waals surface area contributed by atoms with Crippen molar-refractivity contribution >= 4 is 24.9 Å². The van der Waals surface area contributed by atoms with Gasteiger partial charge in [-0.3, -0.25) is 0 Å². The third-order valence-corrected chi connectivity index (χ3v) is 18.5. The molecule has 10 heteroatoms. The van der Waals surface area contributed by atoms with E-state index in [0.29, 0.717) is 25.7 Å². The minimum absolute atomic E-state index is 0.0422. The summed E-state index contributed by atoms with van der Waals surface area (Å²) in [6.45, 7) is 28.9. The van der Waals surface area contributed by atoms with Crippen LogP contribution in [0.15, 0.2) is 0 Å². The molecule has 0 rings (SSSR count). The highest BCUT2D eigenvalue weighted by Gasteiger charge is 2.47. The SMILES string of the molecule is CCC(O)(CC)C(CO[P+](=O)OCC(O[Si](C)(C)C(C)(C)C)C(O)(CC)CC)O[Si](C)(C)C(C)(C)C. The van der Waals surface area contributed by atoms with Crippen LogP contribution >= 0.6 is 8.25 Å². The first kappa shape index (κ1) is 36.3. The first-order chi connectivity index (χ1) is 16.1. The van der Waals surface area contributed by atoms with Crippen LogP contribution in [0.25, 0.3) is 0 Å². The zero-order chi connectivity index (χ0) is 28.8. The molecule has 0 fully saturated rings. The van der Waals surface area contributed by atoms with Gasteiger partial charge >= 0.3 is 8.25 Å². The Hall–Kier alpha value is 0.294. The fraction of sp³-hybridized carbons (Fsp3) is 1.00. The van der Waals surface area contributed by atoms with Crippen LogP contribution < -0.4 is 0 Å². The predicted octanol–water partition coefficient (Wildman–Crippen LogP) is 7.56. The van der Waals surface area contributed by atoms with E-state index in [1.807, 2.05) is 27.7 Å². The van der Waals surface area contributed by atoms with Gasteiger partial charge in [0, 0.05) is 4.57 Å². The molecule has 36 heavy (non-hydrogen) atoms. The van der Waals surface area contributed by atoms with Crippen molar-refractivity contribution in [2.75, 3.05) is 13.2 Å². The highest BCUT2D eigenvalue weighted by Crippen LogP contribution is 2.42. The molecule has 0 bridgehead atoms. The standard InChI is InChI=1S/C26H58O7PSi2/c1-15-25(27,16-2)21(32-35(11,12)23(5,6)7)19-30-34(29)31-20-22(26(28,17-3)18-4)33-36(13,14)24(8,9)10/h21-22,27-28H,15-20H2,1-14H3/q+1. The van der Waals surface area contributed by atoms with Crippen molar-refractivity contribution in [1.82, 2.24) is 0 Å². The summed E-state index contributed by atoms with van der Waals surface area (Å²) in [5.74, 6) is 0. The quantitative estimate of drug-likeness (QED) is 0.146. The van der Waals surface area contributed by atoms with Gasteiger partial charge in [0.2, 0.25) is 0 Å². The van der Waals surface area contributed by atoms with E-state index in [1.165, 1.54) is 0 Å². The van der Waals surface area contributed by atoms with Crippen LogP contribution in [-0.4, -0.2) is 63.5 Å². The molecule has 0 saturated heterocycles. The molecular weight excluding hydrogens is 511 g/mol. The van der Waals surface area contributed by atoms with Crippen LogP contribution in [0.3, 0.4) is 0 Å². The number of rotatable bonds is 16. The average molecular weight is 570 g/mol. The van der Waals surface area contributed by atoms with E-state index in [4.69, 9.17) is 17.9 Å². The van der Waals surface area contributed by atoms with Crippen molar-refractivity contribution in [2.45, 2.75) is 155 Å². The molecule has 2 unspecified atom stereocenters. The highest BCUT2D eigenvalue weighted by molar-refractivity contribution is 7.33. The Kier molecular flexibility index (Phi) is 13.7. The second-order valence-corrected chi connectivity index (χ2v) is 23.6. The molecule has 216 valence electrons. The van der Waals surface area contributed by atoms with E-state index in [1.54, 1.807) is 0 Å². The smallest absolute Gasteiger partial charge is 0.408 e. The highest BCUT2D eigenvalue weighted by atomic mass is 31.1. The molecule has 7 nitrogen and oxygen atoms in total. The van der Waals surface area contributed by atoms with Crippen LogP contribution in [0.5, 0.6) is 0 Å². The Morgan fingerprint density at radius 1 is 0.639 bits per heavy atom. The summed E-state index contributed by atoms with van der Waals surface area (Å²) in [5.41, 5.74) is -2.19. The molecule has 0 spiro atoms. The van der Waals surface area contributed by atoms with E-state index in [0.717, 1.165) is 0 Å². The van der Waals surface area contributed by atoms with Crippen molar-refractivity contribution in [3.63, 3.8) is 0 Å². The van der Waals surface area contributed by atoms with E-state index in [9.17, 15) is 14.8 Å². The molecule has 0 aliphatic heterocycles. The fourth-order valence-corrected chi connectivity index (χ4v) is 6.66. The average Bonchev–Trinajstić information content (AvgIpc) is 2.76. The molecule has 0 aliphatic carbocycles. The van der Waals surface area contributed by atoms with Gasteiger partial charge < -0.3 is 19.1 Å². The van der Waals surface area contributed by atoms with Crippen molar-refractivity contribution in [3.05, 3.63) is 0 Å². The van der Waals surface area contributed by atoms with Gasteiger partial charge in [0.05, 0.1) is 11.2 Å². The molecule has 0 amide bonds. The maximum atomic E-state index is 12.8. The van der Waals surface area contributed by atoms with Gasteiger partial charge in [0.1, 0.15) is 25.4 Å². The second kappa shape index (κ2) is 13.6. The maximum absolute atomic E-state index is 12.8. The molecule has 2 atom stereocenters. The number of hydrogen-bond acceptors (Lipinski definition) is 7. The van der Waals surface area contributed by atoms with Gasteiger partial charge in [-0.2, -0.15) is 0 Å². The summed E-state index contributed by atoms with van der Waals surface area (Å²) in [5, 5.41) is 22.4. The summed E-state index contributed by atoms with van der Waals surface area (Å²) in [6.07, 6.45) is 0.716. The summed E-state index contributed by atoms with van der Waals surface area (Å²) >= 11 is 0. The molecule has 0 saturated carbocycles. The van der Waals surface area contributed by atoms with Gasteiger partial charge in [-0.05, 0) is 61.9 Å². The van der Waals surface area contributed by atoms with Gasteiger partial charge in [-0.25, -0.2) is 0 Å². The molecular formula is C26H58O7PSi2+. The van der Waals surface area contributed by atoms with Gasteiger partial charge in [-0.1, -0.05) is 69.2 Å². The van der Waals surface area contributed by atoms with Crippen LogP contribution in [0.1, 0.15) is 94.9 Å². The molecule has 0 radical (unpaired) electrons.